The van der Waals surface area contributed by atoms with Crippen LogP contribution in [0.15, 0.2) is 18.5 Å². The van der Waals surface area contributed by atoms with Crippen molar-refractivity contribution in [3.63, 3.8) is 0 Å². The Labute approximate surface area is 113 Å². The maximum absolute atomic E-state index is 6.12. The average molecular weight is 270 g/mol. The van der Waals surface area contributed by atoms with Crippen LogP contribution in [0.25, 0.3) is 0 Å². The monoisotopic (exact) mass is 269 g/mol. The fraction of sp³-hybridized carbons (Fsp3) is 0.615. The zero-order valence-electron chi connectivity index (χ0n) is 10.7. The largest absolute Gasteiger partial charge is 0.378 e. The summed E-state index contributed by atoms with van der Waals surface area (Å²) < 4.78 is 5.63. The summed E-state index contributed by atoms with van der Waals surface area (Å²) in [7, 11) is 1.78. The second kappa shape index (κ2) is 5.97. The predicted molar refractivity (Wildman–Crippen MR) is 72.3 cm³/mol. The molecule has 1 atom stereocenters. The predicted octanol–water partition coefficient (Wildman–Crippen LogP) is 2.07. The van der Waals surface area contributed by atoms with E-state index in [-0.39, 0.29) is 11.6 Å². The Balaban J connectivity index is 1.99. The van der Waals surface area contributed by atoms with Crippen molar-refractivity contribution in [3.05, 3.63) is 29.0 Å². The summed E-state index contributed by atoms with van der Waals surface area (Å²) in [6.07, 6.45) is 8.60. The average Bonchev–Trinajstić information content (AvgIpc) is 2.35. The van der Waals surface area contributed by atoms with E-state index in [9.17, 15) is 0 Å². The maximum Gasteiger partial charge on any atom is 0.0694 e. The first-order valence-electron chi connectivity index (χ1n) is 6.29. The second-order valence-corrected chi connectivity index (χ2v) is 5.39. The lowest BCUT2D eigenvalue weighted by atomic mass is 9.75. The Bertz CT molecular complexity index is 390. The van der Waals surface area contributed by atoms with Crippen LogP contribution in [0.2, 0.25) is 5.02 Å². The topological polar surface area (TPSA) is 60.2 Å². The van der Waals surface area contributed by atoms with Crippen LogP contribution in [0, 0.1) is 0 Å². The minimum absolute atomic E-state index is 0.0105. The second-order valence-electron chi connectivity index (χ2n) is 4.98. The van der Waals surface area contributed by atoms with E-state index in [0.29, 0.717) is 5.02 Å². The molecular formula is C13H20ClN3O. The van der Waals surface area contributed by atoms with Crippen LogP contribution in [-0.4, -0.2) is 23.7 Å². The first kappa shape index (κ1) is 13.7. The molecule has 1 fully saturated rings. The Morgan fingerprint density at radius 3 is 2.89 bits per heavy atom. The third-order valence-corrected chi connectivity index (χ3v) is 4.21. The van der Waals surface area contributed by atoms with Gasteiger partial charge in [-0.2, -0.15) is 0 Å². The molecule has 1 heterocycles. The number of nitrogens with zero attached hydrogens (tertiary/aromatic N) is 1. The third-order valence-electron chi connectivity index (χ3n) is 3.87. The Kier molecular flexibility index (Phi) is 4.56. The van der Waals surface area contributed by atoms with Crippen molar-refractivity contribution in [3.8, 4) is 0 Å². The van der Waals surface area contributed by atoms with Crippen molar-refractivity contribution in [2.45, 2.75) is 43.7 Å². The van der Waals surface area contributed by atoms with Crippen LogP contribution < -0.4 is 11.3 Å². The molecule has 4 nitrogen and oxygen atoms in total. The fourth-order valence-corrected chi connectivity index (χ4v) is 2.73. The lowest BCUT2D eigenvalue weighted by molar-refractivity contribution is -0.0834. The molecule has 0 amide bonds. The van der Waals surface area contributed by atoms with Crippen LogP contribution in [0.5, 0.6) is 0 Å². The van der Waals surface area contributed by atoms with Gasteiger partial charge in [-0.25, -0.2) is 0 Å². The highest BCUT2D eigenvalue weighted by molar-refractivity contribution is 6.31. The number of nitrogens with two attached hydrogens (primary N) is 1. The molecule has 2 rings (SSSR count). The summed E-state index contributed by atoms with van der Waals surface area (Å²) in [6, 6.07) is 2.11. The molecular weight excluding hydrogens is 250 g/mol. The van der Waals surface area contributed by atoms with Gasteiger partial charge in [-0.15, -0.1) is 0 Å². The fourth-order valence-electron chi connectivity index (χ4n) is 2.54. The van der Waals surface area contributed by atoms with E-state index in [4.69, 9.17) is 22.2 Å². The Hall–Kier alpha value is -0.680. The summed E-state index contributed by atoms with van der Waals surface area (Å²) in [5.74, 6) is 5.65. The smallest absolute Gasteiger partial charge is 0.0694 e. The first-order chi connectivity index (χ1) is 8.69. The number of halogens is 1. The number of methoxy groups -OCH3 is 1. The van der Waals surface area contributed by atoms with E-state index in [2.05, 4.69) is 10.4 Å². The molecule has 0 radical (unpaired) electrons. The van der Waals surface area contributed by atoms with E-state index in [1.54, 1.807) is 19.5 Å². The molecule has 18 heavy (non-hydrogen) atoms. The normalized spacial score (nSPS) is 19.3. The van der Waals surface area contributed by atoms with Gasteiger partial charge in [0, 0.05) is 25.5 Å². The Morgan fingerprint density at radius 1 is 1.61 bits per heavy atom. The van der Waals surface area contributed by atoms with Crippen LogP contribution in [0.4, 0.5) is 0 Å². The highest BCUT2D eigenvalue weighted by Gasteiger charge is 2.38. The van der Waals surface area contributed by atoms with Gasteiger partial charge in [-0.3, -0.25) is 16.3 Å². The van der Waals surface area contributed by atoms with Gasteiger partial charge >= 0.3 is 0 Å². The summed E-state index contributed by atoms with van der Waals surface area (Å²) in [5, 5.41) is 0.692. The summed E-state index contributed by atoms with van der Waals surface area (Å²) in [6.45, 7) is 0. The molecule has 1 aromatic rings. The number of hydrogen-bond acceptors (Lipinski definition) is 4. The molecule has 0 bridgehead atoms. The first-order valence-corrected chi connectivity index (χ1v) is 6.66. The molecule has 1 unspecified atom stereocenters. The van der Waals surface area contributed by atoms with E-state index >= 15 is 0 Å². The van der Waals surface area contributed by atoms with Gasteiger partial charge in [0.1, 0.15) is 0 Å². The van der Waals surface area contributed by atoms with Crippen molar-refractivity contribution in [1.82, 2.24) is 10.4 Å². The number of aromatic nitrogens is 1. The summed E-state index contributed by atoms with van der Waals surface area (Å²) in [5.41, 5.74) is 3.96. The highest BCUT2D eigenvalue weighted by atomic mass is 35.5. The minimum Gasteiger partial charge on any atom is -0.378 e. The number of ether oxygens (including phenoxy) is 1. The molecule has 1 aromatic heterocycles. The number of hydrazine groups is 1. The van der Waals surface area contributed by atoms with Crippen LogP contribution in [0.3, 0.4) is 0 Å². The zero-order chi connectivity index (χ0) is 13.0. The molecule has 100 valence electrons. The van der Waals surface area contributed by atoms with E-state index < -0.39 is 0 Å². The molecule has 5 heteroatoms. The van der Waals surface area contributed by atoms with Gasteiger partial charge in [0.05, 0.1) is 10.6 Å². The van der Waals surface area contributed by atoms with Crippen molar-refractivity contribution in [2.75, 3.05) is 7.11 Å². The number of hydrogen-bond donors (Lipinski definition) is 2. The van der Waals surface area contributed by atoms with Gasteiger partial charge in [-0.05, 0) is 43.7 Å². The van der Waals surface area contributed by atoms with Crippen LogP contribution in [-0.2, 0) is 11.2 Å². The molecule has 0 spiro atoms. The van der Waals surface area contributed by atoms with E-state index in [1.165, 1.54) is 6.42 Å². The molecule has 3 N–H and O–H groups in total. The van der Waals surface area contributed by atoms with Crippen molar-refractivity contribution < 1.29 is 4.74 Å². The molecule has 1 aliphatic rings. The van der Waals surface area contributed by atoms with Crippen molar-refractivity contribution in [1.29, 1.82) is 0 Å². The number of nitrogens with one attached hydrogen (secondary N) is 1. The molecule has 1 aliphatic carbocycles. The highest BCUT2D eigenvalue weighted by Crippen LogP contribution is 2.39. The lowest BCUT2D eigenvalue weighted by Crippen LogP contribution is -2.48. The van der Waals surface area contributed by atoms with Gasteiger partial charge in [0.25, 0.3) is 0 Å². The molecule has 1 saturated carbocycles. The quantitative estimate of drug-likeness (QED) is 0.613. The molecule has 0 aliphatic heterocycles. The van der Waals surface area contributed by atoms with Crippen LogP contribution >= 0.6 is 11.6 Å². The maximum atomic E-state index is 6.12. The number of rotatable bonds is 6. The van der Waals surface area contributed by atoms with Gasteiger partial charge in [0.15, 0.2) is 0 Å². The third kappa shape index (κ3) is 3.01. The summed E-state index contributed by atoms with van der Waals surface area (Å²) in [4.78, 5) is 3.99. The molecule has 0 saturated heterocycles. The SMILES string of the molecule is COC1(CC(Cc2ccncc2Cl)NN)CCC1. The number of pyridine rings is 1. The van der Waals surface area contributed by atoms with Crippen LogP contribution in [0.1, 0.15) is 31.2 Å². The minimum atomic E-state index is 0.0105. The zero-order valence-corrected chi connectivity index (χ0v) is 11.4. The summed E-state index contributed by atoms with van der Waals surface area (Å²) >= 11 is 6.12. The lowest BCUT2D eigenvalue weighted by Gasteiger charge is -2.42. The standard InChI is InChI=1S/C13H20ClN3O/c1-18-13(4-2-5-13)8-11(17-15)7-10-3-6-16-9-12(10)14/h3,6,9,11,17H,2,4-5,7-8,15H2,1H3. The Morgan fingerprint density at radius 2 is 2.39 bits per heavy atom. The molecule has 0 aromatic carbocycles. The van der Waals surface area contributed by atoms with E-state index in [0.717, 1.165) is 31.2 Å². The van der Waals surface area contributed by atoms with Gasteiger partial charge in [-0.1, -0.05) is 11.6 Å². The van der Waals surface area contributed by atoms with Gasteiger partial charge < -0.3 is 4.74 Å². The van der Waals surface area contributed by atoms with Gasteiger partial charge in [0.2, 0.25) is 0 Å². The van der Waals surface area contributed by atoms with Crippen molar-refractivity contribution >= 4 is 11.6 Å². The van der Waals surface area contributed by atoms with Crippen molar-refractivity contribution in [2.24, 2.45) is 5.84 Å². The van der Waals surface area contributed by atoms with E-state index in [1.807, 2.05) is 6.07 Å².